The summed E-state index contributed by atoms with van der Waals surface area (Å²) >= 11 is 7.24. The number of hydrogen-bond donors (Lipinski definition) is 0. The molecule has 3 aromatic rings. The number of rotatable bonds is 3. The van der Waals surface area contributed by atoms with E-state index in [0.717, 1.165) is 0 Å². The van der Waals surface area contributed by atoms with Crippen molar-refractivity contribution >= 4 is 60.4 Å². The molecule has 1 aromatic heterocycles. The lowest BCUT2D eigenvalue weighted by molar-refractivity contribution is 0.856. The SMILES string of the molecule is CCCCp1c2cc(Br)ccc2c2ccc(Br)cc21. The normalized spacial score (nSPS) is 11.5. The highest BCUT2D eigenvalue weighted by molar-refractivity contribution is 9.10. The van der Waals surface area contributed by atoms with Crippen molar-refractivity contribution in [3.05, 3.63) is 45.3 Å². The fourth-order valence-corrected chi connectivity index (χ4v) is 6.61. The fraction of sp³-hybridized carbons (Fsp3) is 0.250. The standard InChI is InChI=1S/C16H15Br2P/c1-2-3-8-19-15-9-11(17)4-6-13(15)14-7-5-12(18)10-16(14)19/h4-7,9-10H,2-3,8H2,1H3. The number of unbranched alkanes of at least 4 members (excludes halogenated alkanes) is 1. The van der Waals surface area contributed by atoms with Crippen molar-refractivity contribution in [2.75, 3.05) is 0 Å². The predicted octanol–water partition coefficient (Wildman–Crippen LogP) is 7.30. The summed E-state index contributed by atoms with van der Waals surface area (Å²) in [7, 11) is -0.175. The van der Waals surface area contributed by atoms with E-state index in [1.54, 1.807) is 10.2 Å². The highest BCUT2D eigenvalue weighted by Crippen LogP contribution is 2.51. The third-order valence-corrected chi connectivity index (χ3v) is 7.18. The van der Waals surface area contributed by atoms with E-state index < -0.39 is 0 Å². The van der Waals surface area contributed by atoms with Gasteiger partial charge in [-0.25, -0.2) is 0 Å². The Balaban J connectivity index is 2.36. The molecule has 0 amide bonds. The smallest absolute Gasteiger partial charge is 0.0184 e. The maximum Gasteiger partial charge on any atom is 0.0184 e. The minimum Gasteiger partial charge on any atom is -0.109 e. The van der Waals surface area contributed by atoms with Gasteiger partial charge in [0.15, 0.2) is 0 Å². The van der Waals surface area contributed by atoms with Gasteiger partial charge in [0.05, 0.1) is 0 Å². The van der Waals surface area contributed by atoms with Gasteiger partial charge in [-0.2, -0.15) is 0 Å². The van der Waals surface area contributed by atoms with Crippen LogP contribution in [0, 0.1) is 0 Å². The van der Waals surface area contributed by atoms with Crippen LogP contribution in [0.4, 0.5) is 0 Å². The molecule has 0 aliphatic rings. The van der Waals surface area contributed by atoms with Crippen LogP contribution >= 0.6 is 39.4 Å². The van der Waals surface area contributed by atoms with E-state index in [1.807, 2.05) is 0 Å². The Labute approximate surface area is 131 Å². The molecule has 2 aromatic carbocycles. The van der Waals surface area contributed by atoms with Crippen LogP contribution in [0.2, 0.25) is 0 Å². The topological polar surface area (TPSA) is 0 Å². The van der Waals surface area contributed by atoms with Gasteiger partial charge in [-0.05, 0) is 47.6 Å². The van der Waals surface area contributed by atoms with Crippen LogP contribution in [0.25, 0.3) is 21.0 Å². The molecular formula is C16H15Br2P. The molecule has 0 unspecified atom stereocenters. The number of aryl methyl sites for hydroxylation is 1. The summed E-state index contributed by atoms with van der Waals surface area (Å²) in [4.78, 5) is 0. The third-order valence-electron chi connectivity index (χ3n) is 3.53. The summed E-state index contributed by atoms with van der Waals surface area (Å²) in [6.45, 7) is 2.27. The molecule has 0 fully saturated rings. The first-order valence-electron chi connectivity index (χ1n) is 6.57. The molecule has 0 nitrogen and oxygen atoms in total. The summed E-state index contributed by atoms with van der Waals surface area (Å²) < 4.78 is 2.39. The molecule has 19 heavy (non-hydrogen) atoms. The quantitative estimate of drug-likeness (QED) is 0.434. The number of halogens is 2. The summed E-state index contributed by atoms with van der Waals surface area (Å²) in [5.41, 5.74) is 0. The van der Waals surface area contributed by atoms with Crippen LogP contribution < -0.4 is 0 Å². The molecule has 0 atom stereocenters. The van der Waals surface area contributed by atoms with Crippen molar-refractivity contribution in [3.63, 3.8) is 0 Å². The molecule has 0 saturated carbocycles. The van der Waals surface area contributed by atoms with E-state index in [9.17, 15) is 0 Å². The molecule has 0 aliphatic carbocycles. The second-order valence-electron chi connectivity index (χ2n) is 4.83. The highest BCUT2D eigenvalue weighted by atomic mass is 79.9. The fourth-order valence-electron chi connectivity index (χ4n) is 2.60. The Morgan fingerprint density at radius 2 is 1.42 bits per heavy atom. The molecule has 0 bridgehead atoms. The Hall–Kier alpha value is -0.300. The first-order valence-corrected chi connectivity index (χ1v) is 9.69. The predicted molar refractivity (Wildman–Crippen MR) is 94.5 cm³/mol. The molecular weight excluding hydrogens is 383 g/mol. The largest absolute Gasteiger partial charge is 0.109 e. The second kappa shape index (κ2) is 5.60. The number of benzene rings is 2. The Kier molecular flexibility index (Phi) is 4.03. The molecule has 3 heteroatoms. The molecule has 1 heterocycles. The van der Waals surface area contributed by atoms with E-state index in [-0.39, 0.29) is 7.53 Å². The molecule has 0 saturated heterocycles. The van der Waals surface area contributed by atoms with E-state index in [0.29, 0.717) is 0 Å². The molecule has 98 valence electrons. The van der Waals surface area contributed by atoms with Crippen molar-refractivity contribution in [1.29, 1.82) is 0 Å². The summed E-state index contributed by atoms with van der Waals surface area (Å²) in [6.07, 6.45) is 3.88. The van der Waals surface area contributed by atoms with E-state index in [4.69, 9.17) is 0 Å². The second-order valence-corrected chi connectivity index (χ2v) is 8.93. The van der Waals surface area contributed by atoms with Gasteiger partial charge in [-0.15, -0.1) is 7.53 Å². The van der Waals surface area contributed by atoms with E-state index >= 15 is 0 Å². The third kappa shape index (κ3) is 2.51. The van der Waals surface area contributed by atoms with Gasteiger partial charge in [0.2, 0.25) is 0 Å². The number of hydrogen-bond acceptors (Lipinski definition) is 0. The first kappa shape index (κ1) is 13.7. The summed E-state index contributed by atoms with van der Waals surface area (Å²) in [6, 6.07) is 13.5. The molecule has 0 radical (unpaired) electrons. The lowest BCUT2D eigenvalue weighted by Crippen LogP contribution is -1.71. The Morgan fingerprint density at radius 3 is 1.89 bits per heavy atom. The van der Waals surface area contributed by atoms with Crippen LogP contribution in [-0.2, 0) is 6.16 Å². The maximum atomic E-state index is 3.62. The zero-order valence-corrected chi connectivity index (χ0v) is 14.9. The average molecular weight is 398 g/mol. The average Bonchev–Trinajstić information content (AvgIpc) is 2.68. The van der Waals surface area contributed by atoms with Gasteiger partial charge in [0, 0.05) is 19.2 Å². The summed E-state index contributed by atoms with van der Waals surface area (Å²) in [5, 5.41) is 5.97. The van der Waals surface area contributed by atoms with Gasteiger partial charge in [0.25, 0.3) is 0 Å². The van der Waals surface area contributed by atoms with Crippen LogP contribution in [0.15, 0.2) is 45.3 Å². The zero-order chi connectivity index (χ0) is 13.4. The van der Waals surface area contributed by atoms with Crippen LogP contribution in [-0.4, -0.2) is 0 Å². The van der Waals surface area contributed by atoms with Crippen molar-refractivity contribution < 1.29 is 0 Å². The lowest BCUT2D eigenvalue weighted by atomic mass is 10.2. The van der Waals surface area contributed by atoms with Gasteiger partial charge >= 0.3 is 0 Å². The molecule has 0 N–H and O–H groups in total. The molecule has 0 spiro atoms. The highest BCUT2D eigenvalue weighted by Gasteiger charge is 2.11. The van der Waals surface area contributed by atoms with Crippen LogP contribution in [0.3, 0.4) is 0 Å². The van der Waals surface area contributed by atoms with Gasteiger partial charge < -0.3 is 0 Å². The van der Waals surface area contributed by atoms with Crippen LogP contribution in [0.5, 0.6) is 0 Å². The van der Waals surface area contributed by atoms with Gasteiger partial charge in [-0.1, -0.05) is 57.3 Å². The first-order chi connectivity index (χ1) is 9.20. The minimum absolute atomic E-state index is 0.175. The van der Waals surface area contributed by atoms with Crippen molar-refractivity contribution in [3.8, 4) is 0 Å². The zero-order valence-electron chi connectivity index (χ0n) is 10.8. The maximum absolute atomic E-state index is 3.62. The van der Waals surface area contributed by atoms with E-state index in [1.165, 1.54) is 38.7 Å². The van der Waals surface area contributed by atoms with Gasteiger partial charge in [-0.3, -0.25) is 0 Å². The number of fused-ring (bicyclic) bond motifs is 3. The van der Waals surface area contributed by atoms with Crippen molar-refractivity contribution in [1.82, 2.24) is 0 Å². The summed E-state index contributed by atoms with van der Waals surface area (Å²) in [5.74, 6) is 0. The van der Waals surface area contributed by atoms with Crippen LogP contribution in [0.1, 0.15) is 19.8 Å². The monoisotopic (exact) mass is 396 g/mol. The minimum atomic E-state index is -0.175. The molecule has 3 rings (SSSR count). The van der Waals surface area contributed by atoms with Crippen molar-refractivity contribution in [2.45, 2.75) is 25.9 Å². The molecule has 0 aliphatic heterocycles. The van der Waals surface area contributed by atoms with E-state index in [2.05, 4.69) is 75.2 Å². The Morgan fingerprint density at radius 1 is 0.895 bits per heavy atom. The van der Waals surface area contributed by atoms with Gasteiger partial charge in [0.1, 0.15) is 0 Å². The Bertz CT molecular complexity index is 684. The van der Waals surface area contributed by atoms with Crippen molar-refractivity contribution in [2.24, 2.45) is 0 Å². The lowest BCUT2D eigenvalue weighted by Gasteiger charge is -2.02.